The number of rotatable bonds is 4. The van der Waals surface area contributed by atoms with Crippen molar-refractivity contribution in [3.05, 3.63) is 54.4 Å². The number of amides is 1. The van der Waals surface area contributed by atoms with Crippen LogP contribution in [0.5, 0.6) is 0 Å². The minimum absolute atomic E-state index is 0.0152. The predicted octanol–water partition coefficient (Wildman–Crippen LogP) is 2.94. The Morgan fingerprint density at radius 2 is 1.92 bits per heavy atom. The van der Waals surface area contributed by atoms with Crippen LogP contribution in [-0.2, 0) is 13.0 Å². The molecule has 1 saturated heterocycles. The summed E-state index contributed by atoms with van der Waals surface area (Å²) in [4.78, 5) is 27.9. The van der Waals surface area contributed by atoms with Crippen molar-refractivity contribution in [3.8, 4) is 0 Å². The molecule has 1 aliphatic rings. The maximum atomic E-state index is 12.8. The minimum atomic E-state index is -0.0152. The fraction of sp³-hybridized carbons (Fsp3) is 0.400. The number of likely N-dealkylation sites (tertiary alicyclic amines) is 1. The van der Waals surface area contributed by atoms with Gasteiger partial charge in [-0.25, -0.2) is 9.97 Å². The third kappa shape index (κ3) is 3.31. The maximum Gasteiger partial charge on any atom is 0.274 e. The molecular formula is C20H23N5O. The molecule has 6 nitrogen and oxygen atoms in total. The summed E-state index contributed by atoms with van der Waals surface area (Å²) < 4.78 is 2.25. The Balaban J connectivity index is 1.39. The monoisotopic (exact) mass is 349 g/mol. The summed E-state index contributed by atoms with van der Waals surface area (Å²) >= 11 is 0. The standard InChI is InChI=1S/C20H23N5O/c1-2-19-21-9-12-25(19)14-15-7-10-24(11-8-15)20(26)18-13-22-16-5-3-4-6-17(16)23-18/h3-6,9,12-13,15H,2,7-8,10-11,14H2,1H3. The van der Waals surface area contributed by atoms with Crippen LogP contribution in [0.1, 0.15) is 36.1 Å². The maximum absolute atomic E-state index is 12.8. The van der Waals surface area contributed by atoms with E-state index in [1.165, 1.54) is 0 Å². The Kier molecular flexibility index (Phi) is 4.65. The van der Waals surface area contributed by atoms with Crippen LogP contribution in [0.4, 0.5) is 0 Å². The molecule has 2 aromatic heterocycles. The SMILES string of the molecule is CCc1nccn1CC1CCN(C(=O)c2cnc3ccccc3n2)CC1. The van der Waals surface area contributed by atoms with Gasteiger partial charge >= 0.3 is 0 Å². The molecule has 0 N–H and O–H groups in total. The van der Waals surface area contributed by atoms with Crippen molar-refractivity contribution >= 4 is 16.9 Å². The molecule has 6 heteroatoms. The van der Waals surface area contributed by atoms with E-state index in [9.17, 15) is 4.79 Å². The average Bonchev–Trinajstić information content (AvgIpc) is 3.15. The predicted molar refractivity (Wildman–Crippen MR) is 99.8 cm³/mol. The summed E-state index contributed by atoms with van der Waals surface area (Å²) in [5, 5.41) is 0. The third-order valence-corrected chi connectivity index (χ3v) is 5.14. The summed E-state index contributed by atoms with van der Waals surface area (Å²) in [6, 6.07) is 7.63. The van der Waals surface area contributed by atoms with Crippen molar-refractivity contribution in [2.75, 3.05) is 13.1 Å². The van der Waals surface area contributed by atoms with E-state index < -0.39 is 0 Å². The van der Waals surface area contributed by atoms with E-state index in [0.717, 1.165) is 55.8 Å². The second-order valence-electron chi connectivity index (χ2n) is 6.83. The number of fused-ring (bicyclic) bond motifs is 1. The quantitative estimate of drug-likeness (QED) is 0.726. The number of para-hydroxylation sites is 2. The number of nitrogens with zero attached hydrogens (tertiary/aromatic N) is 5. The van der Waals surface area contributed by atoms with Gasteiger partial charge in [0.25, 0.3) is 5.91 Å². The van der Waals surface area contributed by atoms with Crippen molar-refractivity contribution in [2.24, 2.45) is 5.92 Å². The molecule has 0 saturated carbocycles. The Morgan fingerprint density at radius 3 is 2.69 bits per heavy atom. The summed E-state index contributed by atoms with van der Waals surface area (Å²) in [6.07, 6.45) is 8.49. The number of carbonyl (C=O) groups excluding carboxylic acids is 1. The second kappa shape index (κ2) is 7.23. The number of carbonyl (C=O) groups is 1. The largest absolute Gasteiger partial charge is 0.337 e. The van der Waals surface area contributed by atoms with Gasteiger partial charge in [0.05, 0.1) is 17.2 Å². The Bertz CT molecular complexity index is 911. The van der Waals surface area contributed by atoms with Gasteiger partial charge in [-0.1, -0.05) is 19.1 Å². The summed E-state index contributed by atoms with van der Waals surface area (Å²) in [7, 11) is 0. The van der Waals surface area contributed by atoms with Crippen LogP contribution >= 0.6 is 0 Å². The molecule has 1 fully saturated rings. The first-order chi connectivity index (χ1) is 12.7. The Labute approximate surface area is 152 Å². The fourth-order valence-electron chi connectivity index (χ4n) is 3.64. The Hall–Kier alpha value is -2.76. The van der Waals surface area contributed by atoms with E-state index in [1.807, 2.05) is 35.4 Å². The highest BCUT2D eigenvalue weighted by Crippen LogP contribution is 2.21. The molecule has 26 heavy (non-hydrogen) atoms. The Morgan fingerprint density at radius 1 is 1.15 bits per heavy atom. The van der Waals surface area contributed by atoms with Crippen molar-refractivity contribution in [1.82, 2.24) is 24.4 Å². The molecule has 1 aliphatic heterocycles. The van der Waals surface area contributed by atoms with Crippen LogP contribution in [0, 0.1) is 5.92 Å². The number of piperidine rings is 1. The van der Waals surface area contributed by atoms with Gasteiger partial charge in [-0.05, 0) is 30.9 Å². The number of imidazole rings is 1. The van der Waals surface area contributed by atoms with Crippen LogP contribution in [0.2, 0.25) is 0 Å². The van der Waals surface area contributed by atoms with Crippen molar-refractivity contribution in [2.45, 2.75) is 32.7 Å². The summed E-state index contributed by atoms with van der Waals surface area (Å²) in [5.74, 6) is 1.70. The molecule has 3 heterocycles. The van der Waals surface area contributed by atoms with Crippen molar-refractivity contribution in [1.29, 1.82) is 0 Å². The normalized spacial score (nSPS) is 15.5. The first-order valence-electron chi connectivity index (χ1n) is 9.25. The topological polar surface area (TPSA) is 63.9 Å². The molecule has 0 bridgehead atoms. The third-order valence-electron chi connectivity index (χ3n) is 5.14. The van der Waals surface area contributed by atoms with E-state index in [0.29, 0.717) is 11.6 Å². The zero-order valence-electron chi connectivity index (χ0n) is 15.0. The van der Waals surface area contributed by atoms with Gasteiger partial charge in [-0.3, -0.25) is 9.78 Å². The van der Waals surface area contributed by atoms with Crippen molar-refractivity contribution in [3.63, 3.8) is 0 Å². The van der Waals surface area contributed by atoms with Gasteiger partial charge in [0.15, 0.2) is 0 Å². The van der Waals surface area contributed by atoms with Crippen LogP contribution < -0.4 is 0 Å². The lowest BCUT2D eigenvalue weighted by Gasteiger charge is -2.32. The van der Waals surface area contributed by atoms with Crippen LogP contribution in [0.15, 0.2) is 42.9 Å². The lowest BCUT2D eigenvalue weighted by atomic mass is 9.96. The van der Waals surface area contributed by atoms with E-state index in [4.69, 9.17) is 0 Å². The number of aryl methyl sites for hydroxylation is 1. The van der Waals surface area contributed by atoms with Crippen LogP contribution in [0.25, 0.3) is 11.0 Å². The molecule has 0 radical (unpaired) electrons. The average molecular weight is 349 g/mol. The highest BCUT2D eigenvalue weighted by atomic mass is 16.2. The van der Waals surface area contributed by atoms with Crippen molar-refractivity contribution < 1.29 is 4.79 Å². The molecule has 0 atom stereocenters. The number of benzene rings is 1. The van der Waals surface area contributed by atoms with E-state index in [1.54, 1.807) is 6.20 Å². The number of hydrogen-bond acceptors (Lipinski definition) is 4. The fourth-order valence-corrected chi connectivity index (χ4v) is 3.64. The van der Waals surface area contributed by atoms with Gasteiger partial charge in [-0.2, -0.15) is 0 Å². The second-order valence-corrected chi connectivity index (χ2v) is 6.83. The first kappa shape index (κ1) is 16.7. The van der Waals surface area contributed by atoms with E-state index in [2.05, 4.69) is 32.6 Å². The lowest BCUT2D eigenvalue weighted by Crippen LogP contribution is -2.39. The lowest BCUT2D eigenvalue weighted by molar-refractivity contribution is 0.0676. The first-order valence-corrected chi connectivity index (χ1v) is 9.25. The number of hydrogen-bond donors (Lipinski definition) is 0. The zero-order chi connectivity index (χ0) is 17.9. The zero-order valence-corrected chi connectivity index (χ0v) is 15.0. The molecule has 1 amide bonds. The molecule has 3 aromatic rings. The van der Waals surface area contributed by atoms with Gasteiger partial charge in [-0.15, -0.1) is 0 Å². The molecule has 1 aromatic carbocycles. The summed E-state index contributed by atoms with van der Waals surface area (Å²) in [6.45, 7) is 4.66. The van der Waals surface area contributed by atoms with Gasteiger partial charge in [0, 0.05) is 38.4 Å². The molecule has 0 unspecified atom stereocenters. The summed E-state index contributed by atoms with van der Waals surface area (Å²) in [5.41, 5.74) is 2.01. The van der Waals surface area contributed by atoms with Crippen LogP contribution in [-0.4, -0.2) is 43.4 Å². The molecule has 4 rings (SSSR count). The molecule has 0 aliphatic carbocycles. The van der Waals surface area contributed by atoms with Gasteiger partial charge in [0.1, 0.15) is 11.5 Å². The van der Waals surface area contributed by atoms with Gasteiger partial charge in [0.2, 0.25) is 0 Å². The number of aromatic nitrogens is 4. The van der Waals surface area contributed by atoms with Gasteiger partial charge < -0.3 is 9.47 Å². The smallest absolute Gasteiger partial charge is 0.274 e. The van der Waals surface area contributed by atoms with E-state index in [-0.39, 0.29) is 5.91 Å². The minimum Gasteiger partial charge on any atom is -0.337 e. The molecule has 0 spiro atoms. The van der Waals surface area contributed by atoms with E-state index >= 15 is 0 Å². The molecular weight excluding hydrogens is 326 g/mol. The highest BCUT2D eigenvalue weighted by Gasteiger charge is 2.25. The van der Waals surface area contributed by atoms with Crippen LogP contribution in [0.3, 0.4) is 0 Å². The molecule has 134 valence electrons. The highest BCUT2D eigenvalue weighted by molar-refractivity contribution is 5.93.